The third kappa shape index (κ3) is 3.34. The lowest BCUT2D eigenvalue weighted by atomic mass is 9.61. The standard InChI is InChI=1S/C20H28N4O3/c1-3-17-6-19-16(4-13(7-21-19)20(26)22-27)10-24(17)11-18-14-5-15(18)9-23(8-14)12(2)25/h4,7,14-15,17-18,27H,3,5-6,8-11H2,1-2H3,(H,22,26)/t14?,15?,17-,18?/m1/s1. The van der Waals surface area contributed by atoms with Crippen LogP contribution in [0.2, 0.25) is 0 Å². The molecule has 0 aromatic carbocycles. The minimum Gasteiger partial charge on any atom is -0.342 e. The van der Waals surface area contributed by atoms with Crippen LogP contribution in [0, 0.1) is 17.8 Å². The second-order valence-corrected chi connectivity index (χ2v) is 8.31. The zero-order chi connectivity index (χ0) is 19.1. The van der Waals surface area contributed by atoms with Crippen molar-refractivity contribution in [3.05, 3.63) is 29.1 Å². The molecule has 1 aliphatic carbocycles. The molecule has 0 spiro atoms. The molecule has 7 heteroatoms. The normalized spacial score (nSPS) is 29.7. The SMILES string of the molecule is CC[C@@H]1Cc2ncc(C(=O)NO)cc2CN1CC1C2CC1CN(C(C)=O)C2. The van der Waals surface area contributed by atoms with Crippen LogP contribution < -0.4 is 5.48 Å². The first-order valence-electron chi connectivity index (χ1n) is 9.92. The predicted molar refractivity (Wildman–Crippen MR) is 99.0 cm³/mol. The third-order valence-corrected chi connectivity index (χ3v) is 6.83. The molecular formula is C20H28N4O3. The van der Waals surface area contributed by atoms with Crippen molar-refractivity contribution >= 4 is 11.8 Å². The summed E-state index contributed by atoms with van der Waals surface area (Å²) >= 11 is 0. The summed E-state index contributed by atoms with van der Waals surface area (Å²) in [6.07, 6.45) is 4.76. The van der Waals surface area contributed by atoms with Crippen molar-refractivity contribution in [1.29, 1.82) is 0 Å². The second-order valence-electron chi connectivity index (χ2n) is 8.31. The van der Waals surface area contributed by atoms with Crippen LogP contribution in [0.15, 0.2) is 12.3 Å². The number of hydrogen-bond donors (Lipinski definition) is 2. The molecule has 0 radical (unpaired) electrons. The number of piperidine rings is 2. The molecule has 7 nitrogen and oxygen atoms in total. The van der Waals surface area contributed by atoms with Gasteiger partial charge in [-0.05, 0) is 42.2 Å². The number of nitrogens with one attached hydrogen (secondary N) is 1. The number of nitrogens with zero attached hydrogens (tertiary/aromatic N) is 3. The van der Waals surface area contributed by atoms with E-state index in [0.29, 0.717) is 29.4 Å². The van der Waals surface area contributed by atoms with Crippen molar-refractivity contribution in [2.45, 2.75) is 45.7 Å². The molecule has 2 aliphatic heterocycles. The average molecular weight is 372 g/mol. The van der Waals surface area contributed by atoms with E-state index < -0.39 is 5.91 Å². The minimum atomic E-state index is -0.521. The fourth-order valence-electron chi connectivity index (χ4n) is 5.18. The van der Waals surface area contributed by atoms with Gasteiger partial charge in [0.15, 0.2) is 0 Å². The number of rotatable bonds is 4. The van der Waals surface area contributed by atoms with Gasteiger partial charge in [-0.25, -0.2) is 5.48 Å². The largest absolute Gasteiger partial charge is 0.342 e. The summed E-state index contributed by atoms with van der Waals surface area (Å²) in [5.41, 5.74) is 4.22. The van der Waals surface area contributed by atoms with Crippen molar-refractivity contribution in [2.24, 2.45) is 17.8 Å². The second kappa shape index (κ2) is 7.20. The number of hydrogen-bond acceptors (Lipinski definition) is 5. The van der Waals surface area contributed by atoms with E-state index in [0.717, 1.165) is 50.3 Å². The molecule has 2 bridgehead atoms. The van der Waals surface area contributed by atoms with Gasteiger partial charge in [-0.2, -0.15) is 0 Å². The fourth-order valence-corrected chi connectivity index (χ4v) is 5.18. The molecule has 1 aromatic heterocycles. The Hall–Kier alpha value is -1.99. The first-order valence-corrected chi connectivity index (χ1v) is 9.92. The summed E-state index contributed by atoms with van der Waals surface area (Å²) in [7, 11) is 0. The molecule has 3 heterocycles. The number of fused-ring (bicyclic) bond motifs is 3. The van der Waals surface area contributed by atoms with Crippen LogP contribution in [0.3, 0.4) is 0 Å². The van der Waals surface area contributed by atoms with Crippen LogP contribution in [0.1, 0.15) is 48.3 Å². The van der Waals surface area contributed by atoms with E-state index in [1.165, 1.54) is 6.42 Å². The Morgan fingerprint density at radius 1 is 1.33 bits per heavy atom. The highest BCUT2D eigenvalue weighted by Crippen LogP contribution is 2.46. The van der Waals surface area contributed by atoms with Crippen LogP contribution in [-0.2, 0) is 17.8 Å². The van der Waals surface area contributed by atoms with Crippen molar-refractivity contribution in [2.75, 3.05) is 19.6 Å². The highest BCUT2D eigenvalue weighted by molar-refractivity contribution is 5.93. The number of hydroxylamine groups is 1. The van der Waals surface area contributed by atoms with E-state index in [4.69, 9.17) is 5.21 Å². The van der Waals surface area contributed by atoms with E-state index in [9.17, 15) is 9.59 Å². The number of pyridine rings is 1. The number of aromatic nitrogens is 1. The lowest BCUT2D eigenvalue weighted by molar-refractivity contribution is -0.141. The minimum absolute atomic E-state index is 0.197. The topological polar surface area (TPSA) is 85.8 Å². The van der Waals surface area contributed by atoms with Crippen LogP contribution in [0.5, 0.6) is 0 Å². The summed E-state index contributed by atoms with van der Waals surface area (Å²) in [4.78, 5) is 32.4. The van der Waals surface area contributed by atoms with E-state index in [2.05, 4.69) is 16.8 Å². The molecule has 1 saturated carbocycles. The maximum atomic E-state index is 11.7. The molecule has 146 valence electrons. The summed E-state index contributed by atoms with van der Waals surface area (Å²) in [5.74, 6) is 1.58. The quantitative estimate of drug-likeness (QED) is 0.617. The number of amides is 2. The molecule has 1 saturated heterocycles. The molecule has 4 rings (SSSR count). The van der Waals surface area contributed by atoms with Crippen molar-refractivity contribution < 1.29 is 14.8 Å². The molecule has 1 aromatic rings. The summed E-state index contributed by atoms with van der Waals surface area (Å²) in [6.45, 7) is 7.53. The zero-order valence-electron chi connectivity index (χ0n) is 16.0. The molecule has 2 unspecified atom stereocenters. The summed E-state index contributed by atoms with van der Waals surface area (Å²) in [6, 6.07) is 2.32. The van der Waals surface area contributed by atoms with Gasteiger partial charge in [-0.1, -0.05) is 6.92 Å². The first-order chi connectivity index (χ1) is 13.0. The smallest absolute Gasteiger partial charge is 0.276 e. The third-order valence-electron chi connectivity index (χ3n) is 6.83. The maximum absolute atomic E-state index is 11.7. The number of likely N-dealkylation sites (tertiary alicyclic amines) is 1. The molecule has 3 aliphatic rings. The van der Waals surface area contributed by atoms with Gasteiger partial charge in [0.25, 0.3) is 5.91 Å². The van der Waals surface area contributed by atoms with Crippen molar-refractivity contribution in [1.82, 2.24) is 20.3 Å². The Kier molecular flexibility index (Phi) is 4.90. The van der Waals surface area contributed by atoms with Crippen LogP contribution in [-0.4, -0.2) is 57.5 Å². The monoisotopic (exact) mass is 372 g/mol. The van der Waals surface area contributed by atoms with E-state index in [1.807, 2.05) is 11.0 Å². The van der Waals surface area contributed by atoms with Gasteiger partial charge in [0.2, 0.25) is 5.91 Å². The first kappa shape index (κ1) is 18.4. The summed E-state index contributed by atoms with van der Waals surface area (Å²) in [5, 5.41) is 8.87. The molecular weight excluding hydrogens is 344 g/mol. The highest BCUT2D eigenvalue weighted by atomic mass is 16.5. The highest BCUT2D eigenvalue weighted by Gasteiger charge is 2.48. The fraction of sp³-hybridized carbons (Fsp3) is 0.650. The van der Waals surface area contributed by atoms with Crippen LogP contribution >= 0.6 is 0 Å². The summed E-state index contributed by atoms with van der Waals surface area (Å²) < 4.78 is 0. The van der Waals surface area contributed by atoms with E-state index >= 15 is 0 Å². The Morgan fingerprint density at radius 3 is 2.70 bits per heavy atom. The van der Waals surface area contributed by atoms with Crippen LogP contribution in [0.25, 0.3) is 0 Å². The van der Waals surface area contributed by atoms with Gasteiger partial charge in [0.1, 0.15) is 0 Å². The number of carbonyl (C=O) groups is 2. The molecule has 2 fully saturated rings. The molecule has 2 N–H and O–H groups in total. The maximum Gasteiger partial charge on any atom is 0.276 e. The van der Waals surface area contributed by atoms with Gasteiger partial charge in [-0.3, -0.25) is 24.7 Å². The Bertz CT molecular complexity index is 741. The van der Waals surface area contributed by atoms with E-state index in [-0.39, 0.29) is 5.91 Å². The van der Waals surface area contributed by atoms with Crippen molar-refractivity contribution in [3.63, 3.8) is 0 Å². The average Bonchev–Trinajstić information content (AvgIpc) is 2.70. The van der Waals surface area contributed by atoms with Gasteiger partial charge < -0.3 is 4.90 Å². The zero-order valence-corrected chi connectivity index (χ0v) is 16.0. The van der Waals surface area contributed by atoms with Gasteiger partial charge >= 0.3 is 0 Å². The molecule has 3 atom stereocenters. The van der Waals surface area contributed by atoms with Gasteiger partial charge in [0.05, 0.1) is 5.56 Å². The lowest BCUT2D eigenvalue weighted by Crippen LogP contribution is -2.59. The molecule has 2 amide bonds. The predicted octanol–water partition coefficient (Wildman–Crippen LogP) is 1.45. The Balaban J connectivity index is 1.47. The van der Waals surface area contributed by atoms with E-state index in [1.54, 1.807) is 18.6 Å². The number of carbonyl (C=O) groups excluding carboxylic acids is 2. The lowest BCUT2D eigenvalue weighted by Gasteiger charge is -2.55. The van der Waals surface area contributed by atoms with Crippen LogP contribution in [0.4, 0.5) is 0 Å². The van der Waals surface area contributed by atoms with Crippen molar-refractivity contribution in [3.8, 4) is 0 Å². The van der Waals surface area contributed by atoms with Gasteiger partial charge in [-0.15, -0.1) is 0 Å². The van der Waals surface area contributed by atoms with Gasteiger partial charge in [0, 0.05) is 57.5 Å². The Labute approximate surface area is 159 Å². The molecule has 27 heavy (non-hydrogen) atoms. The Morgan fingerprint density at radius 2 is 2.07 bits per heavy atom.